The van der Waals surface area contributed by atoms with Crippen LogP contribution in [0, 0.1) is 24.0 Å². The summed E-state index contributed by atoms with van der Waals surface area (Å²) in [7, 11) is 0. The molecular weight excluding hydrogens is 398 g/mol. The molecule has 0 aliphatic heterocycles. The van der Waals surface area contributed by atoms with E-state index in [4.69, 9.17) is 11.6 Å². The van der Waals surface area contributed by atoms with Gasteiger partial charge in [-0.3, -0.25) is 15.5 Å². The number of nitrogens with zero attached hydrogens (tertiary/aromatic N) is 4. The van der Waals surface area contributed by atoms with Crippen molar-refractivity contribution in [2.24, 2.45) is 5.10 Å². The molecule has 0 saturated carbocycles. The molecule has 0 aliphatic rings. The van der Waals surface area contributed by atoms with Gasteiger partial charge in [-0.15, -0.1) is 0 Å². The van der Waals surface area contributed by atoms with Crippen LogP contribution < -0.4 is 5.43 Å². The van der Waals surface area contributed by atoms with Crippen LogP contribution >= 0.6 is 11.6 Å². The van der Waals surface area contributed by atoms with Crippen LogP contribution in [0.25, 0.3) is 5.69 Å². The third-order valence-electron chi connectivity index (χ3n) is 4.25. The molecule has 2 N–H and O–H groups in total. The van der Waals surface area contributed by atoms with Crippen molar-refractivity contribution >= 4 is 35.3 Å². The predicted octanol–water partition coefficient (Wildman–Crippen LogP) is 4.19. The van der Waals surface area contributed by atoms with Gasteiger partial charge in [0.15, 0.2) is 0 Å². The number of carbonyl (C=O) groups is 1. The molecule has 0 bridgehead atoms. The average Bonchev–Trinajstić information content (AvgIpc) is 2.96. The summed E-state index contributed by atoms with van der Waals surface area (Å²) in [4.78, 5) is 25.4. The number of hydrogen-bond acceptors (Lipinski definition) is 6. The Morgan fingerprint density at radius 1 is 1.31 bits per heavy atom. The van der Waals surface area contributed by atoms with Gasteiger partial charge in [0.1, 0.15) is 12.0 Å². The van der Waals surface area contributed by atoms with Crippen LogP contribution in [0.5, 0.6) is 0 Å². The number of carboxylic acid groups (broad SMARTS) is 1. The molecule has 1 aromatic carbocycles. The number of pyridine rings is 1. The Labute approximate surface area is 170 Å². The summed E-state index contributed by atoms with van der Waals surface area (Å²) < 4.78 is 1.90. The lowest BCUT2D eigenvalue weighted by molar-refractivity contribution is -0.385. The predicted molar refractivity (Wildman–Crippen MR) is 109 cm³/mol. The Morgan fingerprint density at radius 2 is 2.07 bits per heavy atom. The largest absolute Gasteiger partial charge is 0.478 e. The fourth-order valence-electron chi connectivity index (χ4n) is 2.86. The van der Waals surface area contributed by atoms with Gasteiger partial charge in [-0.1, -0.05) is 11.6 Å². The lowest BCUT2D eigenvalue weighted by Gasteiger charge is -2.11. The van der Waals surface area contributed by atoms with E-state index in [1.165, 1.54) is 18.2 Å². The summed E-state index contributed by atoms with van der Waals surface area (Å²) in [5, 5.41) is 24.2. The van der Waals surface area contributed by atoms with Crippen molar-refractivity contribution in [1.82, 2.24) is 9.55 Å². The summed E-state index contributed by atoms with van der Waals surface area (Å²) in [6.07, 6.45) is 2.74. The smallest absolute Gasteiger partial charge is 0.337 e. The first kappa shape index (κ1) is 20.0. The number of benzene rings is 1. The van der Waals surface area contributed by atoms with Gasteiger partial charge in [0.25, 0.3) is 5.69 Å². The molecule has 0 unspecified atom stereocenters. The summed E-state index contributed by atoms with van der Waals surface area (Å²) in [6, 6.07) is 9.50. The van der Waals surface area contributed by atoms with Gasteiger partial charge in [0, 0.05) is 28.7 Å². The number of hydrogen-bond donors (Lipinski definition) is 2. The van der Waals surface area contributed by atoms with E-state index in [-0.39, 0.29) is 16.3 Å². The Bertz CT molecular complexity index is 1120. The third kappa shape index (κ3) is 4.25. The first-order chi connectivity index (χ1) is 13.8. The maximum atomic E-state index is 11.3. The summed E-state index contributed by atoms with van der Waals surface area (Å²) in [5.41, 5.74) is 5.86. The fourth-order valence-corrected chi connectivity index (χ4v) is 3.06. The molecule has 10 heteroatoms. The Balaban J connectivity index is 1.84. The van der Waals surface area contributed by atoms with E-state index in [0.717, 1.165) is 23.1 Å². The fraction of sp³-hybridized carbons (Fsp3) is 0.105. The Hall–Kier alpha value is -3.72. The molecule has 0 atom stereocenters. The van der Waals surface area contributed by atoms with Gasteiger partial charge >= 0.3 is 5.97 Å². The summed E-state index contributed by atoms with van der Waals surface area (Å²) in [5.74, 6) is -0.731. The molecule has 3 aromatic rings. The van der Waals surface area contributed by atoms with Gasteiger partial charge in [0.05, 0.1) is 21.7 Å². The molecule has 0 saturated heterocycles. The lowest BCUT2D eigenvalue weighted by atomic mass is 10.2. The molecule has 3 rings (SSSR count). The van der Waals surface area contributed by atoms with Crippen molar-refractivity contribution in [2.75, 3.05) is 5.43 Å². The average molecular weight is 414 g/mol. The van der Waals surface area contributed by atoms with E-state index in [1.807, 2.05) is 24.5 Å². The van der Waals surface area contributed by atoms with Crippen LogP contribution in [-0.2, 0) is 0 Å². The number of hydrazone groups is 1. The van der Waals surface area contributed by atoms with E-state index < -0.39 is 10.9 Å². The summed E-state index contributed by atoms with van der Waals surface area (Å²) >= 11 is 5.95. The standard InChI is InChI=1S/C19H16ClN5O4/c1-11-7-13(9-22-23-18-6-4-15(10-21-18)25(28)29)12(2)24(11)14-3-5-17(20)16(8-14)19(26)27/h3-10H,1-2H3,(H,21,23)(H,26,27)/b22-9+. The second-order valence-electron chi connectivity index (χ2n) is 6.16. The first-order valence-electron chi connectivity index (χ1n) is 8.39. The number of aryl methyl sites for hydroxylation is 1. The molecule has 2 heterocycles. The second-order valence-corrected chi connectivity index (χ2v) is 6.57. The zero-order valence-corrected chi connectivity index (χ0v) is 16.2. The van der Waals surface area contributed by atoms with Crippen molar-refractivity contribution in [1.29, 1.82) is 0 Å². The Morgan fingerprint density at radius 3 is 2.69 bits per heavy atom. The quantitative estimate of drug-likeness (QED) is 0.354. The van der Waals surface area contributed by atoms with E-state index in [2.05, 4.69) is 15.5 Å². The van der Waals surface area contributed by atoms with E-state index in [9.17, 15) is 20.0 Å². The van der Waals surface area contributed by atoms with Crippen molar-refractivity contribution in [2.45, 2.75) is 13.8 Å². The zero-order valence-electron chi connectivity index (χ0n) is 15.5. The van der Waals surface area contributed by atoms with Crippen molar-refractivity contribution in [3.8, 4) is 5.69 Å². The first-order valence-corrected chi connectivity index (χ1v) is 8.77. The molecule has 0 aliphatic carbocycles. The number of aromatic carboxylic acids is 1. The van der Waals surface area contributed by atoms with E-state index in [0.29, 0.717) is 11.5 Å². The molecule has 29 heavy (non-hydrogen) atoms. The highest BCUT2D eigenvalue weighted by Gasteiger charge is 2.14. The highest BCUT2D eigenvalue weighted by Crippen LogP contribution is 2.24. The molecule has 148 valence electrons. The zero-order chi connectivity index (χ0) is 21.1. The maximum Gasteiger partial charge on any atom is 0.337 e. The van der Waals surface area contributed by atoms with Gasteiger partial charge < -0.3 is 9.67 Å². The molecular formula is C19H16ClN5O4. The number of nitrogens with one attached hydrogen (secondary N) is 1. The van der Waals surface area contributed by atoms with Crippen LogP contribution in [0.15, 0.2) is 47.7 Å². The minimum atomic E-state index is -1.10. The molecule has 0 radical (unpaired) electrons. The lowest BCUT2D eigenvalue weighted by Crippen LogP contribution is -2.04. The van der Waals surface area contributed by atoms with Crippen molar-refractivity contribution in [3.63, 3.8) is 0 Å². The van der Waals surface area contributed by atoms with Crippen LogP contribution in [0.4, 0.5) is 11.5 Å². The normalized spacial score (nSPS) is 11.0. The van der Waals surface area contributed by atoms with Crippen LogP contribution in [-0.4, -0.2) is 31.8 Å². The van der Waals surface area contributed by atoms with Gasteiger partial charge in [-0.25, -0.2) is 9.78 Å². The molecule has 2 aromatic heterocycles. The van der Waals surface area contributed by atoms with Crippen molar-refractivity contribution in [3.05, 3.63) is 80.2 Å². The highest BCUT2D eigenvalue weighted by atomic mass is 35.5. The topological polar surface area (TPSA) is 123 Å². The highest BCUT2D eigenvalue weighted by molar-refractivity contribution is 6.33. The number of carboxylic acids is 1. The molecule has 0 amide bonds. The number of aromatic nitrogens is 2. The summed E-state index contributed by atoms with van der Waals surface area (Å²) in [6.45, 7) is 3.78. The molecule has 0 spiro atoms. The number of nitro groups is 1. The number of anilines is 1. The number of rotatable bonds is 6. The number of halogens is 1. The molecule has 0 fully saturated rings. The van der Waals surface area contributed by atoms with Crippen LogP contribution in [0.1, 0.15) is 27.3 Å². The van der Waals surface area contributed by atoms with Gasteiger partial charge in [-0.2, -0.15) is 5.10 Å². The minimum Gasteiger partial charge on any atom is -0.478 e. The van der Waals surface area contributed by atoms with Crippen LogP contribution in [0.2, 0.25) is 5.02 Å². The minimum absolute atomic E-state index is 0.0257. The van der Waals surface area contributed by atoms with Gasteiger partial charge in [0.2, 0.25) is 0 Å². The van der Waals surface area contributed by atoms with Gasteiger partial charge in [-0.05, 0) is 44.2 Å². The molecule has 9 nitrogen and oxygen atoms in total. The maximum absolute atomic E-state index is 11.3. The van der Waals surface area contributed by atoms with Crippen molar-refractivity contribution < 1.29 is 14.8 Å². The van der Waals surface area contributed by atoms with E-state index >= 15 is 0 Å². The monoisotopic (exact) mass is 413 g/mol. The van der Waals surface area contributed by atoms with Crippen LogP contribution in [0.3, 0.4) is 0 Å². The third-order valence-corrected chi connectivity index (χ3v) is 4.58. The SMILES string of the molecule is Cc1cc(/C=N/Nc2ccc([N+](=O)[O-])cn2)c(C)n1-c1ccc(Cl)c(C(=O)O)c1. The second kappa shape index (κ2) is 8.11. The van der Waals surface area contributed by atoms with E-state index in [1.54, 1.807) is 18.3 Å². The Kier molecular flexibility index (Phi) is 5.60.